The highest BCUT2D eigenvalue weighted by Crippen LogP contribution is 2.32. The Morgan fingerprint density at radius 1 is 0.978 bits per heavy atom. The van der Waals surface area contributed by atoms with Crippen LogP contribution in [0, 0.1) is 13.8 Å². The van der Waals surface area contributed by atoms with E-state index in [1.807, 2.05) is 84.9 Å². The minimum Gasteiger partial charge on any atom is -0.462 e. The molecule has 0 saturated carbocycles. The molecule has 4 heterocycles. The Morgan fingerprint density at radius 3 is 2.33 bits per heavy atom. The number of carbonyl (C=O) groups is 1. The van der Waals surface area contributed by atoms with Crippen LogP contribution in [0.4, 0.5) is 10.6 Å². The predicted octanol–water partition coefficient (Wildman–Crippen LogP) is 5.25. The van der Waals surface area contributed by atoms with E-state index in [1.165, 1.54) is 0 Å². The van der Waals surface area contributed by atoms with Gasteiger partial charge in [0.25, 0.3) is 5.56 Å². The molecule has 4 aromatic rings. The van der Waals surface area contributed by atoms with Gasteiger partial charge < -0.3 is 24.2 Å². The SMILES string of the molecule is Cc1cccc2cccc(-n3c(C)nc4c(N5[C@@H](C)CN(C(=O)OC(C)(C)C)C[C@@H]5C)nc(OC[C@@H]5CCCN5C)nc4c3=O)c12. The molecular weight excluding hydrogens is 582 g/mol. The number of aromatic nitrogens is 4. The van der Waals surface area contributed by atoms with Crippen LogP contribution in [0.15, 0.2) is 41.2 Å². The van der Waals surface area contributed by atoms with Gasteiger partial charge >= 0.3 is 12.1 Å². The van der Waals surface area contributed by atoms with Crippen LogP contribution in [0.25, 0.3) is 27.5 Å². The highest BCUT2D eigenvalue weighted by atomic mass is 16.6. The molecule has 0 spiro atoms. The summed E-state index contributed by atoms with van der Waals surface area (Å²) in [6, 6.07) is 12.2. The number of aryl methyl sites for hydroxylation is 2. The Labute approximate surface area is 270 Å². The number of benzene rings is 2. The summed E-state index contributed by atoms with van der Waals surface area (Å²) >= 11 is 0. The molecule has 2 fully saturated rings. The molecule has 0 N–H and O–H groups in total. The number of anilines is 1. The zero-order valence-corrected chi connectivity index (χ0v) is 28.2. The molecule has 2 aromatic carbocycles. The lowest BCUT2D eigenvalue weighted by Crippen LogP contribution is -2.59. The van der Waals surface area contributed by atoms with Gasteiger partial charge in [0.1, 0.15) is 23.5 Å². The molecule has 2 aliphatic rings. The van der Waals surface area contributed by atoms with Gasteiger partial charge in [-0.3, -0.25) is 9.36 Å². The Balaban J connectivity index is 1.47. The highest BCUT2D eigenvalue weighted by molar-refractivity contribution is 5.94. The summed E-state index contributed by atoms with van der Waals surface area (Å²) in [6.07, 6.45) is 1.81. The molecule has 0 aliphatic carbocycles. The van der Waals surface area contributed by atoms with Gasteiger partial charge in [-0.2, -0.15) is 9.97 Å². The van der Waals surface area contributed by atoms with Crippen LogP contribution < -0.4 is 15.2 Å². The molecule has 1 amide bonds. The molecule has 244 valence electrons. The first kappa shape index (κ1) is 31.7. The Morgan fingerprint density at radius 2 is 1.67 bits per heavy atom. The van der Waals surface area contributed by atoms with Crippen molar-refractivity contribution in [3.05, 3.63) is 58.1 Å². The van der Waals surface area contributed by atoms with Crippen molar-refractivity contribution in [1.29, 1.82) is 0 Å². The van der Waals surface area contributed by atoms with Gasteiger partial charge in [-0.25, -0.2) is 9.78 Å². The van der Waals surface area contributed by atoms with Crippen molar-refractivity contribution in [2.45, 2.75) is 85.0 Å². The van der Waals surface area contributed by atoms with Gasteiger partial charge in [0.2, 0.25) is 0 Å². The van der Waals surface area contributed by atoms with Gasteiger partial charge in [0.05, 0.1) is 5.69 Å². The summed E-state index contributed by atoms with van der Waals surface area (Å²) in [6.45, 7) is 15.9. The number of likely N-dealkylation sites (tertiary alicyclic amines) is 1. The fourth-order valence-corrected chi connectivity index (χ4v) is 6.94. The normalized spacial score (nSPS) is 20.9. The van der Waals surface area contributed by atoms with E-state index in [2.05, 4.69) is 16.8 Å². The molecule has 6 rings (SSSR count). The fraction of sp³-hybridized carbons (Fsp3) is 0.514. The van der Waals surface area contributed by atoms with Crippen molar-refractivity contribution in [3.63, 3.8) is 0 Å². The molecule has 11 nitrogen and oxygen atoms in total. The van der Waals surface area contributed by atoms with Crippen LogP contribution in [0.2, 0.25) is 0 Å². The average molecular weight is 628 g/mol. The third-order valence-corrected chi connectivity index (χ3v) is 9.07. The summed E-state index contributed by atoms with van der Waals surface area (Å²) in [7, 11) is 2.10. The number of fused-ring (bicyclic) bond motifs is 2. The van der Waals surface area contributed by atoms with Gasteiger partial charge in [0.15, 0.2) is 11.3 Å². The molecule has 0 unspecified atom stereocenters. The van der Waals surface area contributed by atoms with Crippen LogP contribution in [0.1, 0.15) is 58.8 Å². The number of nitrogens with zero attached hydrogens (tertiary/aromatic N) is 7. The van der Waals surface area contributed by atoms with E-state index < -0.39 is 5.60 Å². The van der Waals surface area contributed by atoms with Gasteiger partial charge in [-0.05, 0) is 91.9 Å². The number of piperazine rings is 1. The fourth-order valence-electron chi connectivity index (χ4n) is 6.94. The lowest BCUT2D eigenvalue weighted by atomic mass is 10.0. The zero-order chi connectivity index (χ0) is 32.9. The monoisotopic (exact) mass is 627 g/mol. The molecule has 2 saturated heterocycles. The van der Waals surface area contributed by atoms with Crippen molar-refractivity contribution in [1.82, 2.24) is 29.3 Å². The Hall–Kier alpha value is -4.25. The zero-order valence-electron chi connectivity index (χ0n) is 28.2. The van der Waals surface area contributed by atoms with E-state index in [4.69, 9.17) is 24.4 Å². The third-order valence-electron chi connectivity index (χ3n) is 9.07. The second-order valence-electron chi connectivity index (χ2n) is 13.9. The van der Waals surface area contributed by atoms with Gasteiger partial charge in [0, 0.05) is 36.6 Å². The van der Waals surface area contributed by atoms with Crippen molar-refractivity contribution < 1.29 is 14.3 Å². The summed E-state index contributed by atoms with van der Waals surface area (Å²) in [5.74, 6) is 1.07. The van der Waals surface area contributed by atoms with Gasteiger partial charge in [-0.1, -0.05) is 30.3 Å². The quantitative estimate of drug-likeness (QED) is 0.293. The minimum absolute atomic E-state index is 0.145. The van der Waals surface area contributed by atoms with Crippen LogP contribution in [-0.2, 0) is 4.74 Å². The van der Waals surface area contributed by atoms with Crippen LogP contribution >= 0.6 is 0 Å². The number of carbonyl (C=O) groups excluding carboxylic acids is 1. The first-order valence-corrected chi connectivity index (χ1v) is 16.2. The predicted molar refractivity (Wildman–Crippen MR) is 180 cm³/mol. The molecular formula is C35H45N7O4. The van der Waals surface area contributed by atoms with Gasteiger partial charge in [-0.15, -0.1) is 0 Å². The van der Waals surface area contributed by atoms with Crippen molar-refractivity contribution >= 4 is 33.7 Å². The number of likely N-dealkylation sites (N-methyl/N-ethyl adjacent to an activating group) is 1. The maximum absolute atomic E-state index is 14.5. The van der Waals surface area contributed by atoms with Crippen molar-refractivity contribution in [2.75, 3.05) is 38.2 Å². The maximum atomic E-state index is 14.5. The molecule has 3 atom stereocenters. The molecule has 46 heavy (non-hydrogen) atoms. The Bertz CT molecular complexity index is 1830. The minimum atomic E-state index is -0.590. The second kappa shape index (κ2) is 12.2. The van der Waals surface area contributed by atoms with E-state index in [0.717, 1.165) is 41.4 Å². The van der Waals surface area contributed by atoms with E-state index in [9.17, 15) is 9.59 Å². The topological polar surface area (TPSA) is 106 Å². The third kappa shape index (κ3) is 6.00. The summed E-state index contributed by atoms with van der Waals surface area (Å²) < 4.78 is 13.6. The van der Waals surface area contributed by atoms with Crippen LogP contribution in [0.3, 0.4) is 0 Å². The smallest absolute Gasteiger partial charge is 0.410 e. The van der Waals surface area contributed by atoms with Crippen molar-refractivity contribution in [3.8, 4) is 11.7 Å². The average Bonchev–Trinajstić information content (AvgIpc) is 3.39. The number of rotatable bonds is 5. The summed E-state index contributed by atoms with van der Waals surface area (Å²) in [5, 5.41) is 2.04. The molecule has 0 radical (unpaired) electrons. The van der Waals surface area contributed by atoms with Crippen molar-refractivity contribution in [2.24, 2.45) is 0 Å². The summed E-state index contributed by atoms with van der Waals surface area (Å²) in [5.41, 5.74) is 1.58. The highest BCUT2D eigenvalue weighted by Gasteiger charge is 2.37. The molecule has 2 aromatic heterocycles. The summed E-state index contributed by atoms with van der Waals surface area (Å²) in [4.78, 5) is 48.3. The lowest BCUT2D eigenvalue weighted by molar-refractivity contribution is 0.0192. The molecule has 11 heteroatoms. The lowest BCUT2D eigenvalue weighted by Gasteiger charge is -2.45. The molecule has 2 aliphatic heterocycles. The Kier molecular flexibility index (Phi) is 8.39. The maximum Gasteiger partial charge on any atom is 0.410 e. The standard InChI is InChI=1S/C35H45N7O4/c1-21-12-9-13-25-14-10-16-27(28(21)25)42-24(4)36-29-30(32(42)43)37-33(45-20-26-15-11-17-39(26)8)38-31(29)41-22(2)18-40(19-23(41)3)34(44)46-35(5,6)7/h9-10,12-14,16,22-23,26H,11,15,17-20H2,1-8H3/t22-,23-,26-/m0/s1. The largest absolute Gasteiger partial charge is 0.462 e. The van der Waals surface area contributed by atoms with E-state index in [1.54, 1.807) is 9.47 Å². The number of ether oxygens (including phenoxy) is 2. The van der Waals surface area contributed by atoms with E-state index in [-0.39, 0.29) is 41.3 Å². The number of hydrogen-bond donors (Lipinski definition) is 0. The second-order valence-corrected chi connectivity index (χ2v) is 13.9. The molecule has 0 bridgehead atoms. The first-order chi connectivity index (χ1) is 21.8. The van der Waals surface area contributed by atoms with E-state index >= 15 is 0 Å². The van der Waals surface area contributed by atoms with Crippen LogP contribution in [-0.4, -0.2) is 92.4 Å². The van der Waals surface area contributed by atoms with Crippen LogP contribution in [0.5, 0.6) is 6.01 Å². The number of hydrogen-bond acceptors (Lipinski definition) is 9. The first-order valence-electron chi connectivity index (χ1n) is 16.2. The van der Waals surface area contributed by atoms with E-state index in [0.29, 0.717) is 36.9 Å². The number of amides is 1.